The van der Waals surface area contributed by atoms with Gasteiger partial charge in [0, 0.05) is 17.7 Å². The van der Waals surface area contributed by atoms with Crippen molar-refractivity contribution in [3.63, 3.8) is 0 Å². The number of rotatable bonds is 8. The van der Waals surface area contributed by atoms with Crippen LogP contribution in [0.15, 0.2) is 18.2 Å². The van der Waals surface area contributed by atoms with Gasteiger partial charge < -0.3 is 14.6 Å². The van der Waals surface area contributed by atoms with Crippen LogP contribution in [-0.4, -0.2) is 36.5 Å². The van der Waals surface area contributed by atoms with Crippen molar-refractivity contribution in [2.75, 3.05) is 6.61 Å². The second-order valence-corrected chi connectivity index (χ2v) is 7.09. The molecule has 0 saturated carbocycles. The lowest BCUT2D eigenvalue weighted by Crippen LogP contribution is -2.57. The Morgan fingerprint density at radius 3 is 1.62 bits per heavy atom. The van der Waals surface area contributed by atoms with Crippen molar-refractivity contribution in [2.45, 2.75) is 76.3 Å². The number of alkyl halides is 10. The monoisotopic (exact) mass is 488 g/mol. The molecule has 0 radical (unpaired) electrons. The van der Waals surface area contributed by atoms with Crippen molar-refractivity contribution >= 4 is 0 Å². The fourth-order valence-corrected chi connectivity index (χ4v) is 2.94. The van der Waals surface area contributed by atoms with Gasteiger partial charge in [-0.25, -0.2) is 0 Å². The fourth-order valence-electron chi connectivity index (χ4n) is 2.94. The number of benzene rings is 1. The first kappa shape index (κ1) is 28.4. The predicted molar refractivity (Wildman–Crippen MR) is 92.2 cm³/mol. The maximum atomic E-state index is 14.2. The highest BCUT2D eigenvalue weighted by molar-refractivity contribution is 5.40. The van der Waals surface area contributed by atoms with E-state index in [0.717, 1.165) is 6.92 Å². The summed E-state index contributed by atoms with van der Waals surface area (Å²) in [7, 11) is 0. The Kier molecular flexibility index (Phi) is 8.29. The normalized spacial score (nSPS) is 17.7. The highest BCUT2D eigenvalue weighted by Crippen LogP contribution is 2.55. The molecule has 0 aliphatic heterocycles. The van der Waals surface area contributed by atoms with Gasteiger partial charge in [-0.05, 0) is 43.9 Å². The quantitative estimate of drug-likeness (QED) is 0.331. The van der Waals surface area contributed by atoms with Crippen molar-refractivity contribution < 1.29 is 58.5 Å². The number of ether oxygens (including phenoxy) is 2. The summed E-state index contributed by atoms with van der Waals surface area (Å²) < 4.78 is 146. The SMILES string of the molecule is CCOC(C)OC(c1cc(C(C)CC)cc(C(O)(F)C(F)(F)F)c1)(C(F)(F)F)C(F)(F)F. The Morgan fingerprint density at radius 1 is 0.781 bits per heavy atom. The van der Waals surface area contributed by atoms with Crippen molar-refractivity contribution in [1.29, 1.82) is 0 Å². The van der Waals surface area contributed by atoms with Crippen molar-refractivity contribution in [3.05, 3.63) is 34.9 Å². The molecule has 0 aromatic heterocycles. The zero-order chi connectivity index (χ0) is 25.3. The smallest absolute Gasteiger partial charge is 0.353 e. The van der Waals surface area contributed by atoms with Crippen molar-refractivity contribution in [3.8, 4) is 0 Å². The van der Waals surface area contributed by atoms with E-state index < -0.39 is 58.9 Å². The average molecular weight is 488 g/mol. The molecule has 0 heterocycles. The molecule has 32 heavy (non-hydrogen) atoms. The van der Waals surface area contributed by atoms with Gasteiger partial charge in [-0.15, -0.1) is 0 Å². The standard InChI is InChI=1S/C19H22F10O3/c1-5-10(3)12-7-13(9-14(8-12)16(20,30)19(27,28)29)15(17(21,22)23,18(24,25)26)32-11(4)31-6-2/h7-11,30H,5-6H2,1-4H3. The first-order valence-electron chi connectivity index (χ1n) is 9.33. The molecule has 0 aliphatic rings. The van der Waals surface area contributed by atoms with Crippen LogP contribution in [0.2, 0.25) is 0 Å². The molecule has 1 aromatic carbocycles. The van der Waals surface area contributed by atoms with E-state index in [0.29, 0.717) is 12.1 Å². The van der Waals surface area contributed by atoms with Gasteiger partial charge in [0.25, 0.3) is 5.60 Å². The van der Waals surface area contributed by atoms with E-state index in [1.807, 2.05) is 0 Å². The Balaban J connectivity index is 4.07. The molecule has 3 nitrogen and oxygen atoms in total. The van der Waals surface area contributed by atoms with Gasteiger partial charge in [0.2, 0.25) is 0 Å². The number of halogens is 10. The van der Waals surface area contributed by atoms with E-state index in [1.54, 1.807) is 0 Å². The Labute approximate surface area is 177 Å². The molecule has 0 aliphatic carbocycles. The van der Waals surface area contributed by atoms with E-state index in [1.165, 1.54) is 20.8 Å². The summed E-state index contributed by atoms with van der Waals surface area (Å²) in [5, 5.41) is 9.34. The molecule has 0 fully saturated rings. The lowest BCUT2D eigenvalue weighted by molar-refractivity contribution is -0.415. The molecular weight excluding hydrogens is 466 g/mol. The Bertz CT molecular complexity index is 754. The highest BCUT2D eigenvalue weighted by atomic mass is 19.4. The van der Waals surface area contributed by atoms with E-state index in [4.69, 9.17) is 0 Å². The van der Waals surface area contributed by atoms with Gasteiger partial charge in [-0.2, -0.15) is 43.9 Å². The average Bonchev–Trinajstić information content (AvgIpc) is 2.62. The molecule has 0 spiro atoms. The minimum Gasteiger partial charge on any atom is -0.353 e. The minimum absolute atomic E-state index is 0.0703. The zero-order valence-corrected chi connectivity index (χ0v) is 17.3. The van der Waals surface area contributed by atoms with E-state index in [2.05, 4.69) is 9.47 Å². The fraction of sp³-hybridized carbons (Fsp3) is 0.684. The van der Waals surface area contributed by atoms with E-state index in [9.17, 15) is 49.0 Å². The first-order valence-corrected chi connectivity index (χ1v) is 9.33. The van der Waals surface area contributed by atoms with Crippen molar-refractivity contribution in [1.82, 2.24) is 0 Å². The van der Waals surface area contributed by atoms with Crippen LogP contribution in [0.1, 0.15) is 56.7 Å². The summed E-state index contributed by atoms with van der Waals surface area (Å²) >= 11 is 0. The van der Waals surface area contributed by atoms with Crippen LogP contribution in [0.25, 0.3) is 0 Å². The first-order chi connectivity index (χ1) is 14.3. The summed E-state index contributed by atoms with van der Waals surface area (Å²) in [6.07, 6.45) is -20.6. The van der Waals surface area contributed by atoms with Crippen LogP contribution in [-0.2, 0) is 20.9 Å². The largest absolute Gasteiger partial charge is 0.453 e. The molecule has 1 N–H and O–H groups in total. The lowest BCUT2D eigenvalue weighted by Gasteiger charge is -2.40. The van der Waals surface area contributed by atoms with Crippen LogP contribution in [0, 0.1) is 0 Å². The van der Waals surface area contributed by atoms with Crippen LogP contribution < -0.4 is 0 Å². The maximum Gasteiger partial charge on any atom is 0.453 e. The summed E-state index contributed by atoms with van der Waals surface area (Å²) in [5.41, 5.74) is -9.39. The molecule has 186 valence electrons. The van der Waals surface area contributed by atoms with Gasteiger partial charge in [0.15, 0.2) is 6.29 Å². The third-order valence-electron chi connectivity index (χ3n) is 4.84. The molecule has 0 amide bonds. The molecule has 3 unspecified atom stereocenters. The molecule has 1 aromatic rings. The molecule has 3 atom stereocenters. The minimum atomic E-state index is -6.26. The van der Waals surface area contributed by atoms with Gasteiger partial charge in [0.1, 0.15) is 0 Å². The van der Waals surface area contributed by atoms with Gasteiger partial charge in [0.05, 0.1) is 0 Å². The maximum absolute atomic E-state index is 14.2. The highest BCUT2D eigenvalue weighted by Gasteiger charge is 2.74. The van der Waals surface area contributed by atoms with Gasteiger partial charge in [-0.3, -0.25) is 0 Å². The third kappa shape index (κ3) is 5.30. The predicted octanol–water partition coefficient (Wildman–Crippen LogP) is 6.60. The van der Waals surface area contributed by atoms with Gasteiger partial charge in [-0.1, -0.05) is 19.9 Å². The Morgan fingerprint density at radius 2 is 1.25 bits per heavy atom. The lowest BCUT2D eigenvalue weighted by atomic mass is 9.84. The Hall–Kier alpha value is -1.60. The summed E-state index contributed by atoms with van der Waals surface area (Å²) in [5.74, 6) is -6.11. The summed E-state index contributed by atoms with van der Waals surface area (Å²) in [6, 6.07) is 0.359. The summed E-state index contributed by atoms with van der Waals surface area (Å²) in [6.45, 7) is 4.40. The van der Waals surface area contributed by atoms with Crippen LogP contribution >= 0.6 is 0 Å². The second kappa shape index (κ2) is 9.34. The molecule has 0 saturated heterocycles. The molecule has 13 heteroatoms. The van der Waals surface area contributed by atoms with E-state index >= 15 is 0 Å². The number of hydrogen-bond donors (Lipinski definition) is 1. The summed E-state index contributed by atoms with van der Waals surface area (Å²) in [4.78, 5) is 0. The van der Waals surface area contributed by atoms with Crippen LogP contribution in [0.3, 0.4) is 0 Å². The van der Waals surface area contributed by atoms with Crippen molar-refractivity contribution in [2.24, 2.45) is 0 Å². The molecule has 1 rings (SSSR count). The van der Waals surface area contributed by atoms with Gasteiger partial charge >= 0.3 is 24.4 Å². The molecular formula is C19H22F10O3. The number of aliphatic hydroxyl groups is 1. The number of hydrogen-bond acceptors (Lipinski definition) is 3. The topological polar surface area (TPSA) is 38.7 Å². The molecule has 0 bridgehead atoms. The zero-order valence-electron chi connectivity index (χ0n) is 17.3. The third-order valence-corrected chi connectivity index (χ3v) is 4.84. The van der Waals surface area contributed by atoms with Crippen LogP contribution in [0.4, 0.5) is 43.9 Å². The van der Waals surface area contributed by atoms with E-state index in [-0.39, 0.29) is 19.1 Å². The van der Waals surface area contributed by atoms with Crippen LogP contribution in [0.5, 0.6) is 0 Å². The second-order valence-electron chi connectivity index (χ2n) is 7.09.